The molecule has 1 aromatic rings. The predicted molar refractivity (Wildman–Crippen MR) is 165 cm³/mol. The van der Waals surface area contributed by atoms with Crippen LogP contribution in [0, 0.1) is 11.8 Å². The Kier molecular flexibility index (Phi) is 9.01. The molecule has 0 radical (unpaired) electrons. The van der Waals surface area contributed by atoms with Crippen LogP contribution in [0.2, 0.25) is 0 Å². The van der Waals surface area contributed by atoms with Gasteiger partial charge in [0.1, 0.15) is 0 Å². The number of rotatable bonds is 10. The minimum atomic E-state index is -0.0829. The molecule has 4 aliphatic heterocycles. The van der Waals surface area contributed by atoms with Crippen molar-refractivity contribution >= 4 is 17.8 Å². The SMILES string of the molecule is CC(=O)NC1CC(C(=O)N[C@@H](CCN2C3CCC2CC2(C3)CN(CC3CCOCC3)C(=O)N2C(C)C)c2ccccc2)C1. The Balaban J connectivity index is 1.10. The van der Waals surface area contributed by atoms with Crippen LogP contribution < -0.4 is 10.6 Å². The van der Waals surface area contributed by atoms with Gasteiger partial charge in [-0.2, -0.15) is 0 Å². The fourth-order valence-corrected chi connectivity index (χ4v) is 8.92. The second kappa shape index (κ2) is 12.8. The zero-order valence-corrected chi connectivity index (χ0v) is 26.3. The highest BCUT2D eigenvalue weighted by Gasteiger charge is 2.57. The third-order valence-corrected chi connectivity index (χ3v) is 10.9. The van der Waals surface area contributed by atoms with Crippen LogP contribution in [0.1, 0.15) is 90.2 Å². The Labute approximate surface area is 257 Å². The van der Waals surface area contributed by atoms with E-state index in [1.807, 2.05) is 18.2 Å². The van der Waals surface area contributed by atoms with Gasteiger partial charge in [-0.15, -0.1) is 0 Å². The predicted octanol–water partition coefficient (Wildman–Crippen LogP) is 4.09. The van der Waals surface area contributed by atoms with Gasteiger partial charge >= 0.3 is 6.03 Å². The molecular weight excluding hydrogens is 542 g/mol. The molecule has 4 heterocycles. The molecule has 3 atom stereocenters. The Hall–Kier alpha value is -2.65. The average molecular weight is 594 g/mol. The van der Waals surface area contributed by atoms with Gasteiger partial charge in [0.2, 0.25) is 11.8 Å². The highest BCUT2D eigenvalue weighted by atomic mass is 16.5. The van der Waals surface area contributed by atoms with Gasteiger partial charge in [-0.05, 0) is 83.1 Å². The maximum atomic E-state index is 13.8. The second-order valence-corrected chi connectivity index (χ2v) is 14.3. The number of amides is 4. The van der Waals surface area contributed by atoms with Crippen LogP contribution >= 0.6 is 0 Å². The Morgan fingerprint density at radius 3 is 2.33 bits per heavy atom. The molecule has 1 aromatic carbocycles. The van der Waals surface area contributed by atoms with E-state index in [2.05, 4.69) is 51.3 Å². The third kappa shape index (κ3) is 6.44. The van der Waals surface area contributed by atoms with E-state index >= 15 is 0 Å². The third-order valence-electron chi connectivity index (χ3n) is 10.9. The van der Waals surface area contributed by atoms with Crippen LogP contribution in [0.5, 0.6) is 0 Å². The molecular formula is C34H51N5O4. The molecule has 0 aromatic heterocycles. The minimum absolute atomic E-state index is 0.0329. The molecule has 9 heteroatoms. The summed E-state index contributed by atoms with van der Waals surface area (Å²) in [6.07, 6.45) is 8.81. The fourth-order valence-electron chi connectivity index (χ4n) is 8.92. The zero-order valence-electron chi connectivity index (χ0n) is 26.3. The van der Waals surface area contributed by atoms with Crippen LogP contribution in [-0.4, -0.2) is 95.1 Å². The Morgan fingerprint density at radius 1 is 1.02 bits per heavy atom. The summed E-state index contributed by atoms with van der Waals surface area (Å²) in [5.74, 6) is 0.562. The van der Waals surface area contributed by atoms with Crippen molar-refractivity contribution in [3.63, 3.8) is 0 Å². The second-order valence-electron chi connectivity index (χ2n) is 14.3. The lowest BCUT2D eigenvalue weighted by molar-refractivity contribution is -0.131. The number of ether oxygens (including phenoxy) is 1. The van der Waals surface area contributed by atoms with Crippen molar-refractivity contribution in [2.75, 3.05) is 32.8 Å². The number of carbonyl (C=O) groups excluding carboxylic acids is 3. The van der Waals surface area contributed by atoms with Crippen molar-refractivity contribution in [3.8, 4) is 0 Å². The molecule has 5 fully saturated rings. The van der Waals surface area contributed by atoms with Gasteiger partial charge in [-0.3, -0.25) is 14.5 Å². The highest BCUT2D eigenvalue weighted by Crippen LogP contribution is 2.48. The van der Waals surface area contributed by atoms with Crippen LogP contribution in [0.4, 0.5) is 4.79 Å². The summed E-state index contributed by atoms with van der Waals surface area (Å²) in [5.41, 5.74) is 1.06. The molecule has 6 rings (SSSR count). The fraction of sp³-hybridized carbons (Fsp3) is 0.735. The average Bonchev–Trinajstić information content (AvgIpc) is 3.37. The normalized spacial score (nSPS) is 31.9. The maximum Gasteiger partial charge on any atom is 0.320 e. The Bertz CT molecular complexity index is 1130. The molecule has 1 aliphatic carbocycles. The van der Waals surface area contributed by atoms with Crippen molar-refractivity contribution in [3.05, 3.63) is 35.9 Å². The summed E-state index contributed by atoms with van der Waals surface area (Å²) in [4.78, 5) is 45.5. The largest absolute Gasteiger partial charge is 0.381 e. The molecule has 2 bridgehead atoms. The molecule has 43 heavy (non-hydrogen) atoms. The monoisotopic (exact) mass is 593 g/mol. The smallest absolute Gasteiger partial charge is 0.320 e. The number of urea groups is 1. The Morgan fingerprint density at radius 2 is 1.70 bits per heavy atom. The lowest BCUT2D eigenvalue weighted by Crippen LogP contribution is -2.60. The topological polar surface area (TPSA) is 94.2 Å². The highest BCUT2D eigenvalue weighted by molar-refractivity contribution is 5.81. The molecule has 2 unspecified atom stereocenters. The number of hydrogen-bond acceptors (Lipinski definition) is 5. The quantitative estimate of drug-likeness (QED) is 0.426. The van der Waals surface area contributed by atoms with Gasteiger partial charge in [0, 0.05) is 69.9 Å². The first-order valence-corrected chi connectivity index (χ1v) is 16.8. The molecule has 2 N–H and O–H groups in total. The molecule has 4 amide bonds. The first-order chi connectivity index (χ1) is 20.7. The first-order valence-electron chi connectivity index (χ1n) is 16.8. The van der Waals surface area contributed by atoms with Crippen molar-refractivity contribution in [2.24, 2.45) is 11.8 Å². The summed E-state index contributed by atoms with van der Waals surface area (Å²) < 4.78 is 5.58. The molecule has 1 saturated carbocycles. The number of nitrogens with one attached hydrogen (secondary N) is 2. The van der Waals surface area contributed by atoms with Crippen molar-refractivity contribution < 1.29 is 19.1 Å². The number of hydrogen-bond donors (Lipinski definition) is 2. The molecule has 1 spiro atoms. The van der Waals surface area contributed by atoms with Crippen molar-refractivity contribution in [1.82, 2.24) is 25.3 Å². The van der Waals surface area contributed by atoms with Crippen molar-refractivity contribution in [1.29, 1.82) is 0 Å². The van der Waals surface area contributed by atoms with Gasteiger partial charge < -0.3 is 25.2 Å². The van der Waals surface area contributed by atoms with Crippen LogP contribution in [-0.2, 0) is 14.3 Å². The van der Waals surface area contributed by atoms with E-state index in [-0.39, 0.29) is 47.4 Å². The minimum Gasteiger partial charge on any atom is -0.381 e. The number of fused-ring (bicyclic) bond motifs is 2. The van der Waals surface area contributed by atoms with Gasteiger partial charge in [-0.25, -0.2) is 4.79 Å². The van der Waals surface area contributed by atoms with E-state index in [9.17, 15) is 14.4 Å². The summed E-state index contributed by atoms with van der Waals surface area (Å²) in [5, 5.41) is 6.30. The van der Waals surface area contributed by atoms with Crippen LogP contribution in [0.25, 0.3) is 0 Å². The first kappa shape index (κ1) is 30.4. The molecule has 4 saturated heterocycles. The van der Waals surface area contributed by atoms with E-state index in [1.54, 1.807) is 0 Å². The zero-order chi connectivity index (χ0) is 30.1. The molecule has 9 nitrogen and oxygen atoms in total. The van der Waals surface area contributed by atoms with E-state index in [0.717, 1.165) is 70.5 Å². The van der Waals surface area contributed by atoms with Crippen molar-refractivity contribution in [2.45, 2.75) is 114 Å². The number of benzene rings is 1. The lowest BCUT2D eigenvalue weighted by Gasteiger charge is -2.49. The van der Waals surface area contributed by atoms with E-state index in [1.165, 1.54) is 19.8 Å². The van der Waals surface area contributed by atoms with E-state index < -0.39 is 0 Å². The van der Waals surface area contributed by atoms with Gasteiger partial charge in [-0.1, -0.05) is 30.3 Å². The van der Waals surface area contributed by atoms with Gasteiger partial charge in [0.15, 0.2) is 0 Å². The van der Waals surface area contributed by atoms with E-state index in [4.69, 9.17) is 4.74 Å². The summed E-state index contributed by atoms with van der Waals surface area (Å²) in [6.45, 7) is 10.2. The van der Waals surface area contributed by atoms with Gasteiger partial charge in [0.25, 0.3) is 0 Å². The van der Waals surface area contributed by atoms with E-state index in [0.29, 0.717) is 30.8 Å². The van der Waals surface area contributed by atoms with Gasteiger partial charge in [0.05, 0.1) is 11.6 Å². The number of piperidine rings is 1. The maximum absolute atomic E-state index is 13.8. The van der Waals surface area contributed by atoms with Crippen LogP contribution in [0.3, 0.4) is 0 Å². The molecule has 5 aliphatic rings. The summed E-state index contributed by atoms with van der Waals surface area (Å²) in [6, 6.07) is 11.8. The summed E-state index contributed by atoms with van der Waals surface area (Å²) >= 11 is 0. The molecule has 236 valence electrons. The number of carbonyl (C=O) groups is 3. The number of nitrogens with zero attached hydrogens (tertiary/aromatic N) is 3. The van der Waals surface area contributed by atoms with Crippen LogP contribution in [0.15, 0.2) is 30.3 Å². The summed E-state index contributed by atoms with van der Waals surface area (Å²) in [7, 11) is 0. The lowest BCUT2D eigenvalue weighted by atomic mass is 9.79. The standard InChI is InChI=1S/C34H51N5O4/c1-23(2)39-33(42)37(21-25-12-15-43-16-13-25)22-34(39)19-29-9-10-30(20-34)38(29)14-11-31(26-7-5-4-6-8-26)36-32(41)27-17-28(18-27)35-24(3)40/h4-8,23,25,27-31H,9-22H2,1-3H3,(H,35,40)(H,36,41)/t27?,28?,29?,30?,31-,34?/m0/s1.